The molecule has 182 valence electrons. The van der Waals surface area contributed by atoms with E-state index in [0.29, 0.717) is 18.8 Å². The number of nitrogens with two attached hydrogens (primary N) is 1. The number of aromatic nitrogens is 4. The van der Waals surface area contributed by atoms with Crippen LogP contribution in [0.25, 0.3) is 39.1 Å². The highest BCUT2D eigenvalue weighted by Crippen LogP contribution is 2.46. The third-order valence-electron chi connectivity index (χ3n) is 7.39. The summed E-state index contributed by atoms with van der Waals surface area (Å²) in [6, 6.07) is 22.9. The van der Waals surface area contributed by atoms with Crippen molar-refractivity contribution in [1.82, 2.24) is 19.6 Å². The highest BCUT2D eigenvalue weighted by Gasteiger charge is 2.49. The zero-order valence-electron chi connectivity index (χ0n) is 21.2. The minimum atomic E-state index is -0.691. The molecule has 0 atom stereocenters. The lowest BCUT2D eigenvalue weighted by Gasteiger charge is -2.49. The Morgan fingerprint density at radius 2 is 1.64 bits per heavy atom. The van der Waals surface area contributed by atoms with Crippen LogP contribution in [0, 0.1) is 6.92 Å². The summed E-state index contributed by atoms with van der Waals surface area (Å²) < 4.78 is 1.87. The fraction of sp³-hybridized carbons (Fsp3) is 0.300. The number of nitrogens with zero attached hydrogens (tertiary/aromatic N) is 4. The number of pyridine rings is 1. The monoisotopic (exact) mass is 477 g/mol. The normalized spacial score (nSPS) is 21.9. The van der Waals surface area contributed by atoms with E-state index in [1.807, 2.05) is 42.6 Å². The molecule has 0 bridgehead atoms. The van der Waals surface area contributed by atoms with Gasteiger partial charge in [-0.05, 0) is 49.8 Å². The first kappa shape index (κ1) is 22.8. The molecule has 6 nitrogen and oxygen atoms in total. The van der Waals surface area contributed by atoms with Gasteiger partial charge in [-0.3, -0.25) is 0 Å². The third-order valence-corrected chi connectivity index (χ3v) is 7.39. The maximum atomic E-state index is 10.2. The van der Waals surface area contributed by atoms with E-state index in [1.165, 1.54) is 0 Å². The quantitative estimate of drug-likeness (QED) is 0.344. The smallest absolute Gasteiger partial charge is 0.165 e. The van der Waals surface area contributed by atoms with Crippen molar-refractivity contribution < 1.29 is 5.11 Å². The predicted molar refractivity (Wildman–Crippen MR) is 144 cm³/mol. The van der Waals surface area contributed by atoms with Crippen LogP contribution < -0.4 is 5.73 Å². The van der Waals surface area contributed by atoms with E-state index >= 15 is 0 Å². The Balaban J connectivity index is 1.56. The van der Waals surface area contributed by atoms with Crippen LogP contribution in [0.5, 0.6) is 0 Å². The summed E-state index contributed by atoms with van der Waals surface area (Å²) in [6.45, 7) is 8.14. The molecule has 5 aromatic rings. The van der Waals surface area contributed by atoms with Crippen LogP contribution in [0.4, 0.5) is 0 Å². The van der Waals surface area contributed by atoms with Crippen molar-refractivity contribution in [2.24, 2.45) is 5.73 Å². The molecule has 2 aromatic carbocycles. The molecule has 36 heavy (non-hydrogen) atoms. The zero-order valence-corrected chi connectivity index (χ0v) is 21.2. The lowest BCUT2D eigenvalue weighted by molar-refractivity contribution is -0.0738. The van der Waals surface area contributed by atoms with Crippen molar-refractivity contribution in [3.63, 3.8) is 0 Å². The van der Waals surface area contributed by atoms with Crippen LogP contribution in [0.2, 0.25) is 0 Å². The summed E-state index contributed by atoms with van der Waals surface area (Å²) in [7, 11) is 0. The number of aryl methyl sites for hydroxylation is 1. The molecular weight excluding hydrogens is 446 g/mol. The lowest BCUT2D eigenvalue weighted by Crippen LogP contribution is -2.58. The molecule has 3 N–H and O–H groups in total. The van der Waals surface area contributed by atoms with E-state index in [1.54, 1.807) is 0 Å². The van der Waals surface area contributed by atoms with E-state index in [9.17, 15) is 5.11 Å². The van der Waals surface area contributed by atoms with Gasteiger partial charge in [0.25, 0.3) is 0 Å². The van der Waals surface area contributed by atoms with Crippen molar-refractivity contribution in [3.8, 4) is 22.4 Å². The van der Waals surface area contributed by atoms with Crippen molar-refractivity contribution in [1.29, 1.82) is 0 Å². The molecule has 3 aromatic heterocycles. The molecule has 1 fully saturated rings. The molecule has 0 spiro atoms. The second-order valence-electron chi connectivity index (χ2n) is 10.9. The molecule has 1 aliphatic carbocycles. The third kappa shape index (κ3) is 3.69. The van der Waals surface area contributed by atoms with E-state index in [2.05, 4.69) is 56.3 Å². The van der Waals surface area contributed by atoms with Gasteiger partial charge in [0, 0.05) is 28.1 Å². The highest BCUT2D eigenvalue weighted by molar-refractivity contribution is 5.92. The maximum Gasteiger partial charge on any atom is 0.165 e. The van der Waals surface area contributed by atoms with Gasteiger partial charge < -0.3 is 10.8 Å². The van der Waals surface area contributed by atoms with Crippen LogP contribution in [-0.2, 0) is 5.54 Å². The number of benzene rings is 2. The van der Waals surface area contributed by atoms with Gasteiger partial charge in [0.05, 0.1) is 22.7 Å². The Hall–Kier alpha value is -3.61. The van der Waals surface area contributed by atoms with Crippen molar-refractivity contribution in [3.05, 3.63) is 83.7 Å². The lowest BCUT2D eigenvalue weighted by atomic mass is 9.63. The SMILES string of the molecule is Cc1nc2cc(C(C)C)nn2c2nc(-c3ccc(C4(N)CC(C)(O)C4)cc3)c(-c3ccccc3)cc12. The van der Waals surface area contributed by atoms with E-state index in [0.717, 1.165) is 56.0 Å². The van der Waals surface area contributed by atoms with E-state index < -0.39 is 11.1 Å². The minimum absolute atomic E-state index is 0.300. The first-order chi connectivity index (χ1) is 17.1. The fourth-order valence-electron chi connectivity index (χ4n) is 5.60. The van der Waals surface area contributed by atoms with Gasteiger partial charge in [-0.15, -0.1) is 0 Å². The molecule has 6 heteroatoms. The summed E-state index contributed by atoms with van der Waals surface area (Å²) in [6.07, 6.45) is 1.12. The number of hydrogen-bond donors (Lipinski definition) is 2. The molecule has 6 rings (SSSR count). The van der Waals surface area contributed by atoms with Gasteiger partial charge in [0.15, 0.2) is 11.3 Å². The Labute approximate surface area is 210 Å². The number of fused-ring (bicyclic) bond motifs is 3. The molecular formula is C30H31N5O. The van der Waals surface area contributed by atoms with Crippen LogP contribution in [-0.4, -0.2) is 30.3 Å². The summed E-state index contributed by atoms with van der Waals surface area (Å²) >= 11 is 0. The molecule has 0 amide bonds. The second kappa shape index (κ2) is 7.95. The first-order valence-electron chi connectivity index (χ1n) is 12.5. The number of aliphatic hydroxyl groups is 1. The van der Waals surface area contributed by atoms with Crippen molar-refractivity contribution >= 4 is 16.7 Å². The maximum absolute atomic E-state index is 10.2. The van der Waals surface area contributed by atoms with Gasteiger partial charge in [0.1, 0.15) is 0 Å². The van der Waals surface area contributed by atoms with Gasteiger partial charge in [-0.25, -0.2) is 9.97 Å². The van der Waals surface area contributed by atoms with Crippen molar-refractivity contribution in [2.45, 2.75) is 57.6 Å². The fourth-order valence-corrected chi connectivity index (χ4v) is 5.60. The molecule has 1 saturated carbocycles. The van der Waals surface area contributed by atoms with Crippen LogP contribution in [0.3, 0.4) is 0 Å². The molecule has 0 saturated heterocycles. The Morgan fingerprint density at radius 1 is 0.944 bits per heavy atom. The Morgan fingerprint density at radius 3 is 2.28 bits per heavy atom. The zero-order chi connectivity index (χ0) is 25.2. The summed E-state index contributed by atoms with van der Waals surface area (Å²) in [5.41, 5.74) is 14.0. The second-order valence-corrected chi connectivity index (χ2v) is 10.9. The summed E-state index contributed by atoms with van der Waals surface area (Å²) in [5.74, 6) is 0.300. The summed E-state index contributed by atoms with van der Waals surface area (Å²) in [4.78, 5) is 10.1. The van der Waals surface area contributed by atoms with Gasteiger partial charge in [-0.2, -0.15) is 9.61 Å². The number of rotatable bonds is 4. The van der Waals surface area contributed by atoms with Gasteiger partial charge in [0.2, 0.25) is 0 Å². The molecule has 0 aliphatic heterocycles. The average molecular weight is 478 g/mol. The van der Waals surface area contributed by atoms with Crippen molar-refractivity contribution in [2.75, 3.05) is 0 Å². The molecule has 0 radical (unpaired) electrons. The van der Waals surface area contributed by atoms with E-state index in [4.69, 9.17) is 20.8 Å². The van der Waals surface area contributed by atoms with E-state index in [-0.39, 0.29) is 0 Å². The summed E-state index contributed by atoms with van der Waals surface area (Å²) in [5, 5.41) is 16.1. The Kier molecular flexibility index (Phi) is 5.04. The largest absolute Gasteiger partial charge is 0.390 e. The molecule has 0 unspecified atom stereocenters. The van der Waals surface area contributed by atoms with Gasteiger partial charge in [-0.1, -0.05) is 68.4 Å². The van der Waals surface area contributed by atoms with Crippen LogP contribution in [0.15, 0.2) is 66.7 Å². The minimum Gasteiger partial charge on any atom is -0.390 e. The van der Waals surface area contributed by atoms with Crippen LogP contribution >= 0.6 is 0 Å². The van der Waals surface area contributed by atoms with Gasteiger partial charge >= 0.3 is 0 Å². The molecule has 3 heterocycles. The number of hydrogen-bond acceptors (Lipinski definition) is 5. The first-order valence-corrected chi connectivity index (χ1v) is 12.5. The topological polar surface area (TPSA) is 89.3 Å². The Bertz CT molecular complexity index is 1590. The van der Waals surface area contributed by atoms with Crippen LogP contribution in [0.1, 0.15) is 56.5 Å². The highest BCUT2D eigenvalue weighted by atomic mass is 16.3. The predicted octanol–water partition coefficient (Wildman–Crippen LogP) is 5.74. The molecule has 1 aliphatic rings. The standard InChI is InChI=1S/C30H31N5O/c1-18(2)25-15-26-32-19(3)23-14-24(20-8-6-5-7-9-20)27(33-28(23)35(26)34-25)21-10-12-22(13-11-21)30(31)16-29(4,36)17-30/h5-15,18,36H,16-17,31H2,1-4H3. The average Bonchev–Trinajstić information content (AvgIpc) is 3.27.